The third kappa shape index (κ3) is 5.46. The summed E-state index contributed by atoms with van der Waals surface area (Å²) >= 11 is 11.7. The van der Waals surface area contributed by atoms with Crippen molar-refractivity contribution < 1.29 is 14.9 Å². The minimum absolute atomic E-state index is 0.0177. The molecular weight excluding hydrogens is 301 g/mol. The first kappa shape index (κ1) is 17.5. The molecule has 0 radical (unpaired) electrons. The van der Waals surface area contributed by atoms with Gasteiger partial charge in [0.05, 0.1) is 16.7 Å². The van der Waals surface area contributed by atoms with Gasteiger partial charge < -0.3 is 20.3 Å². The fourth-order valence-corrected chi connectivity index (χ4v) is 1.76. The van der Waals surface area contributed by atoms with E-state index in [2.05, 4.69) is 5.32 Å². The summed E-state index contributed by atoms with van der Waals surface area (Å²) in [6, 6.07) is 4.94. The molecule has 3 N–H and O–H groups in total. The van der Waals surface area contributed by atoms with Gasteiger partial charge in [-0.1, -0.05) is 30.1 Å². The second kappa shape index (κ2) is 8.05. The van der Waals surface area contributed by atoms with Crippen molar-refractivity contribution in [3.63, 3.8) is 0 Å². The number of aliphatic hydroxyl groups is 2. The largest absolute Gasteiger partial charge is 0.491 e. The Morgan fingerprint density at radius 1 is 1.35 bits per heavy atom. The number of aliphatic hydroxyl groups excluding tert-OH is 2. The molecule has 0 aliphatic heterocycles. The molecule has 2 atom stereocenters. The Labute approximate surface area is 129 Å². The molecule has 0 heterocycles. The van der Waals surface area contributed by atoms with E-state index in [4.69, 9.17) is 27.9 Å². The van der Waals surface area contributed by atoms with Crippen LogP contribution in [0.5, 0.6) is 5.75 Å². The van der Waals surface area contributed by atoms with Crippen molar-refractivity contribution >= 4 is 23.2 Å². The lowest BCUT2D eigenvalue weighted by atomic mass is 10.0. The second-order valence-electron chi connectivity index (χ2n) is 4.99. The molecule has 0 aliphatic rings. The molecule has 0 saturated heterocycles. The first-order chi connectivity index (χ1) is 9.40. The molecule has 6 heteroatoms. The van der Waals surface area contributed by atoms with E-state index < -0.39 is 6.10 Å². The van der Waals surface area contributed by atoms with Crippen LogP contribution >= 0.6 is 23.2 Å². The topological polar surface area (TPSA) is 61.7 Å². The van der Waals surface area contributed by atoms with E-state index in [1.54, 1.807) is 18.2 Å². The normalized spacial score (nSPS) is 15.7. The summed E-state index contributed by atoms with van der Waals surface area (Å²) in [4.78, 5) is 0. The van der Waals surface area contributed by atoms with Crippen LogP contribution in [0.25, 0.3) is 0 Å². The zero-order valence-electron chi connectivity index (χ0n) is 11.7. The summed E-state index contributed by atoms with van der Waals surface area (Å²) in [6.45, 7) is 4.37. The van der Waals surface area contributed by atoms with Crippen LogP contribution in [0, 0.1) is 0 Å². The first-order valence-electron chi connectivity index (χ1n) is 6.52. The van der Waals surface area contributed by atoms with Gasteiger partial charge in [-0.05, 0) is 25.5 Å². The van der Waals surface area contributed by atoms with Gasteiger partial charge in [-0.2, -0.15) is 0 Å². The Bertz CT molecular complexity index is 425. The molecule has 1 rings (SSSR count). The van der Waals surface area contributed by atoms with E-state index in [-0.39, 0.29) is 18.8 Å². The molecule has 2 unspecified atom stereocenters. The summed E-state index contributed by atoms with van der Waals surface area (Å²) in [5.41, 5.74) is -0.384. The number of nitrogens with one attached hydrogen (secondary N) is 1. The first-order valence-corrected chi connectivity index (χ1v) is 7.27. The lowest BCUT2D eigenvalue weighted by Crippen LogP contribution is -2.49. The number of benzene rings is 1. The van der Waals surface area contributed by atoms with Gasteiger partial charge in [-0.3, -0.25) is 0 Å². The molecule has 1 aromatic carbocycles. The smallest absolute Gasteiger partial charge is 0.121 e. The Hall–Kier alpha value is -0.520. The van der Waals surface area contributed by atoms with Crippen LogP contribution in [0.1, 0.15) is 20.3 Å². The van der Waals surface area contributed by atoms with Crippen LogP contribution in [-0.2, 0) is 0 Å². The predicted molar refractivity (Wildman–Crippen MR) is 81.7 cm³/mol. The fraction of sp³-hybridized carbons (Fsp3) is 0.571. The van der Waals surface area contributed by atoms with Gasteiger partial charge in [0.25, 0.3) is 0 Å². The average molecular weight is 322 g/mol. The number of β-amino-alcohol motifs (C(OH)–C–C–N with tert-alkyl or cyclic N) is 1. The lowest BCUT2D eigenvalue weighted by Gasteiger charge is -2.28. The highest BCUT2D eigenvalue weighted by Gasteiger charge is 2.21. The van der Waals surface area contributed by atoms with E-state index in [1.165, 1.54) is 0 Å². The standard InChI is InChI=1S/C14H21Cl2NO3/c1-3-14(2,9-18)17-7-10(19)8-20-11-4-5-12(15)13(16)6-11/h4-6,10,17-19H,3,7-9H2,1-2H3. The molecule has 0 fully saturated rings. The van der Waals surface area contributed by atoms with Gasteiger partial charge in [-0.25, -0.2) is 0 Å². The molecule has 0 saturated carbocycles. The third-order valence-corrected chi connectivity index (χ3v) is 3.97. The Kier molecular flexibility index (Phi) is 7.06. The van der Waals surface area contributed by atoms with Crippen LogP contribution in [0.15, 0.2) is 18.2 Å². The highest BCUT2D eigenvalue weighted by molar-refractivity contribution is 6.42. The molecule has 114 valence electrons. The summed E-state index contributed by atoms with van der Waals surface area (Å²) < 4.78 is 5.44. The quantitative estimate of drug-likeness (QED) is 0.688. The monoisotopic (exact) mass is 321 g/mol. The van der Waals surface area contributed by atoms with Crippen LogP contribution in [-0.4, -0.2) is 41.6 Å². The minimum atomic E-state index is -0.679. The van der Waals surface area contributed by atoms with Crippen molar-refractivity contribution in [2.45, 2.75) is 31.9 Å². The molecule has 0 aromatic heterocycles. The van der Waals surface area contributed by atoms with Gasteiger partial charge >= 0.3 is 0 Å². The average Bonchev–Trinajstić information content (AvgIpc) is 2.46. The summed E-state index contributed by atoms with van der Waals surface area (Å²) in [5, 5.41) is 23.1. The zero-order valence-corrected chi connectivity index (χ0v) is 13.2. The number of rotatable bonds is 8. The fourth-order valence-electron chi connectivity index (χ4n) is 1.47. The predicted octanol–water partition coefficient (Wildman–Crippen LogP) is 2.48. The summed E-state index contributed by atoms with van der Waals surface area (Å²) in [7, 11) is 0. The van der Waals surface area contributed by atoms with Crippen molar-refractivity contribution in [1.29, 1.82) is 0 Å². The van der Waals surface area contributed by atoms with Crippen molar-refractivity contribution in [2.24, 2.45) is 0 Å². The van der Waals surface area contributed by atoms with Gasteiger partial charge in [0.2, 0.25) is 0 Å². The molecule has 4 nitrogen and oxygen atoms in total. The molecule has 0 spiro atoms. The Balaban J connectivity index is 2.39. The van der Waals surface area contributed by atoms with Crippen molar-refractivity contribution in [2.75, 3.05) is 19.8 Å². The molecule has 0 bridgehead atoms. The Morgan fingerprint density at radius 3 is 2.60 bits per heavy atom. The minimum Gasteiger partial charge on any atom is -0.491 e. The van der Waals surface area contributed by atoms with Crippen LogP contribution in [0.2, 0.25) is 10.0 Å². The maximum atomic E-state index is 9.86. The highest BCUT2D eigenvalue weighted by Crippen LogP contribution is 2.26. The van der Waals surface area contributed by atoms with E-state index in [9.17, 15) is 10.2 Å². The van der Waals surface area contributed by atoms with Crippen molar-refractivity contribution in [1.82, 2.24) is 5.32 Å². The Morgan fingerprint density at radius 2 is 2.05 bits per heavy atom. The summed E-state index contributed by atoms with van der Waals surface area (Å²) in [6.07, 6.45) is 0.0889. The van der Waals surface area contributed by atoms with Gasteiger partial charge in [0.1, 0.15) is 18.5 Å². The van der Waals surface area contributed by atoms with Gasteiger partial charge in [0, 0.05) is 18.2 Å². The number of ether oxygens (including phenoxy) is 1. The molecular formula is C14H21Cl2NO3. The van der Waals surface area contributed by atoms with Gasteiger partial charge in [-0.15, -0.1) is 0 Å². The number of hydrogen-bond acceptors (Lipinski definition) is 4. The molecule has 1 aromatic rings. The van der Waals surface area contributed by atoms with E-state index in [0.717, 1.165) is 6.42 Å². The lowest BCUT2D eigenvalue weighted by molar-refractivity contribution is 0.0866. The summed E-state index contributed by atoms with van der Waals surface area (Å²) in [5.74, 6) is 0.555. The SMILES string of the molecule is CCC(C)(CO)NCC(O)COc1ccc(Cl)c(Cl)c1. The van der Waals surface area contributed by atoms with Crippen LogP contribution in [0.3, 0.4) is 0 Å². The van der Waals surface area contributed by atoms with E-state index in [0.29, 0.717) is 22.3 Å². The number of halogens is 2. The molecule has 0 amide bonds. The van der Waals surface area contributed by atoms with Crippen LogP contribution < -0.4 is 10.1 Å². The molecule has 0 aliphatic carbocycles. The maximum Gasteiger partial charge on any atom is 0.121 e. The highest BCUT2D eigenvalue weighted by atomic mass is 35.5. The maximum absolute atomic E-state index is 9.86. The van der Waals surface area contributed by atoms with Gasteiger partial charge in [0.15, 0.2) is 0 Å². The second-order valence-corrected chi connectivity index (χ2v) is 5.81. The van der Waals surface area contributed by atoms with E-state index >= 15 is 0 Å². The van der Waals surface area contributed by atoms with E-state index in [1.807, 2.05) is 13.8 Å². The van der Waals surface area contributed by atoms with Crippen molar-refractivity contribution in [3.8, 4) is 5.75 Å². The van der Waals surface area contributed by atoms with Crippen molar-refractivity contribution in [3.05, 3.63) is 28.2 Å². The number of hydrogen-bond donors (Lipinski definition) is 3. The molecule has 20 heavy (non-hydrogen) atoms. The van der Waals surface area contributed by atoms with Crippen LogP contribution in [0.4, 0.5) is 0 Å². The third-order valence-electron chi connectivity index (χ3n) is 3.23. The zero-order chi connectivity index (χ0) is 15.2.